The first-order valence-electron chi connectivity index (χ1n) is 5.96. The summed E-state index contributed by atoms with van der Waals surface area (Å²) in [5.41, 5.74) is 5.75. The molecule has 1 saturated heterocycles. The summed E-state index contributed by atoms with van der Waals surface area (Å²) in [4.78, 5) is 2.27. The molecule has 0 radical (unpaired) electrons. The molecular weight excluding hydrogens is 188 g/mol. The van der Waals surface area contributed by atoms with Crippen LogP contribution in [0.1, 0.15) is 39.5 Å². The third kappa shape index (κ3) is 1.81. The van der Waals surface area contributed by atoms with Crippen LogP contribution in [0.2, 0.25) is 0 Å². The first-order valence-corrected chi connectivity index (χ1v) is 5.96. The van der Waals surface area contributed by atoms with Gasteiger partial charge in [-0.2, -0.15) is 0 Å². The standard InChI is InChI=1S/C12H24N2O/c1-10(2)8-11(13,9-10)12(15)4-6-14(3)7-5-12/h15H,4-9,13H2,1-3H3. The van der Waals surface area contributed by atoms with Crippen LogP contribution in [0.5, 0.6) is 0 Å². The molecule has 0 amide bonds. The Morgan fingerprint density at radius 2 is 1.60 bits per heavy atom. The minimum absolute atomic E-state index is 0.322. The van der Waals surface area contributed by atoms with E-state index in [1.807, 2.05) is 0 Å². The maximum atomic E-state index is 10.6. The first kappa shape index (κ1) is 11.4. The van der Waals surface area contributed by atoms with E-state index in [1.54, 1.807) is 0 Å². The topological polar surface area (TPSA) is 49.5 Å². The van der Waals surface area contributed by atoms with Crippen molar-refractivity contribution in [2.45, 2.75) is 50.7 Å². The first-order chi connectivity index (χ1) is 6.77. The fraction of sp³-hybridized carbons (Fsp3) is 1.00. The van der Waals surface area contributed by atoms with Gasteiger partial charge in [0.2, 0.25) is 0 Å². The molecule has 0 spiro atoms. The van der Waals surface area contributed by atoms with E-state index in [9.17, 15) is 5.11 Å². The molecule has 0 aromatic carbocycles. The van der Waals surface area contributed by atoms with Gasteiger partial charge in [0.1, 0.15) is 0 Å². The Balaban J connectivity index is 2.04. The number of aliphatic hydroxyl groups is 1. The second-order valence-electron chi connectivity index (χ2n) is 6.51. The van der Waals surface area contributed by atoms with Gasteiger partial charge in [0.25, 0.3) is 0 Å². The molecule has 2 aliphatic rings. The molecule has 1 saturated carbocycles. The summed E-state index contributed by atoms with van der Waals surface area (Å²) >= 11 is 0. The van der Waals surface area contributed by atoms with Crippen LogP contribution in [-0.4, -0.2) is 41.3 Å². The molecule has 0 unspecified atom stereocenters. The quantitative estimate of drug-likeness (QED) is 0.680. The zero-order valence-corrected chi connectivity index (χ0v) is 10.2. The SMILES string of the molecule is CN1CCC(O)(C2(N)CC(C)(C)C2)CC1. The number of hydrogen-bond donors (Lipinski definition) is 2. The zero-order valence-electron chi connectivity index (χ0n) is 10.2. The van der Waals surface area contributed by atoms with E-state index in [4.69, 9.17) is 5.73 Å². The maximum Gasteiger partial charge on any atom is 0.0851 e. The average Bonchev–Trinajstić information content (AvgIpc) is 2.07. The molecule has 2 rings (SSSR count). The maximum absolute atomic E-state index is 10.6. The van der Waals surface area contributed by atoms with Crippen LogP contribution >= 0.6 is 0 Å². The van der Waals surface area contributed by atoms with Crippen molar-refractivity contribution in [2.75, 3.05) is 20.1 Å². The highest BCUT2D eigenvalue weighted by molar-refractivity contribution is 5.15. The fourth-order valence-corrected chi connectivity index (χ4v) is 3.47. The van der Waals surface area contributed by atoms with E-state index in [2.05, 4.69) is 25.8 Å². The van der Waals surface area contributed by atoms with Crippen molar-refractivity contribution in [3.8, 4) is 0 Å². The molecular formula is C12H24N2O. The highest BCUT2D eigenvalue weighted by atomic mass is 16.3. The number of nitrogens with zero attached hydrogens (tertiary/aromatic N) is 1. The van der Waals surface area contributed by atoms with Gasteiger partial charge < -0.3 is 15.7 Å². The fourth-order valence-electron chi connectivity index (χ4n) is 3.47. The Morgan fingerprint density at radius 1 is 1.13 bits per heavy atom. The van der Waals surface area contributed by atoms with E-state index in [-0.39, 0.29) is 5.54 Å². The summed E-state index contributed by atoms with van der Waals surface area (Å²) in [6.45, 7) is 6.40. The number of hydrogen-bond acceptors (Lipinski definition) is 3. The Morgan fingerprint density at radius 3 is 2.00 bits per heavy atom. The van der Waals surface area contributed by atoms with Gasteiger partial charge in [-0.1, -0.05) is 13.8 Å². The zero-order chi connectivity index (χ0) is 11.3. The molecule has 0 bridgehead atoms. The van der Waals surface area contributed by atoms with E-state index in [0.29, 0.717) is 5.41 Å². The number of rotatable bonds is 1. The van der Waals surface area contributed by atoms with E-state index >= 15 is 0 Å². The predicted molar refractivity (Wildman–Crippen MR) is 61.6 cm³/mol. The van der Waals surface area contributed by atoms with Crippen LogP contribution in [0.3, 0.4) is 0 Å². The third-order valence-electron chi connectivity index (χ3n) is 4.33. The van der Waals surface area contributed by atoms with Crippen molar-refractivity contribution in [3.63, 3.8) is 0 Å². The van der Waals surface area contributed by atoms with E-state index in [1.165, 1.54) is 0 Å². The molecule has 3 N–H and O–H groups in total. The van der Waals surface area contributed by atoms with Crippen LogP contribution in [0.15, 0.2) is 0 Å². The van der Waals surface area contributed by atoms with Gasteiger partial charge in [-0.15, -0.1) is 0 Å². The minimum Gasteiger partial charge on any atom is -0.388 e. The van der Waals surface area contributed by atoms with E-state index in [0.717, 1.165) is 38.8 Å². The largest absolute Gasteiger partial charge is 0.388 e. The van der Waals surface area contributed by atoms with Crippen LogP contribution < -0.4 is 5.73 Å². The molecule has 0 aromatic heterocycles. The van der Waals surface area contributed by atoms with Crippen LogP contribution in [0.4, 0.5) is 0 Å². The highest BCUT2D eigenvalue weighted by Gasteiger charge is 2.58. The summed E-state index contributed by atoms with van der Waals surface area (Å²) in [5, 5.41) is 10.6. The van der Waals surface area contributed by atoms with Crippen molar-refractivity contribution >= 4 is 0 Å². The van der Waals surface area contributed by atoms with Crippen molar-refractivity contribution in [2.24, 2.45) is 11.1 Å². The molecule has 0 aromatic rings. The molecule has 2 fully saturated rings. The molecule has 3 nitrogen and oxygen atoms in total. The van der Waals surface area contributed by atoms with Crippen LogP contribution in [0, 0.1) is 5.41 Å². The number of piperidine rings is 1. The molecule has 15 heavy (non-hydrogen) atoms. The second-order valence-corrected chi connectivity index (χ2v) is 6.51. The average molecular weight is 212 g/mol. The van der Waals surface area contributed by atoms with Gasteiger partial charge >= 0.3 is 0 Å². The predicted octanol–water partition coefficient (Wildman–Crippen LogP) is 0.961. The van der Waals surface area contributed by atoms with E-state index < -0.39 is 5.60 Å². The second kappa shape index (κ2) is 3.19. The Bertz CT molecular complexity index is 246. The normalized spacial score (nSPS) is 33.4. The summed E-state index contributed by atoms with van der Waals surface area (Å²) in [7, 11) is 2.10. The van der Waals surface area contributed by atoms with Crippen molar-refractivity contribution in [1.29, 1.82) is 0 Å². The molecule has 1 aliphatic heterocycles. The van der Waals surface area contributed by atoms with Gasteiger partial charge in [-0.05, 0) is 38.1 Å². The summed E-state index contributed by atoms with van der Waals surface area (Å²) in [5.74, 6) is 0. The Labute approximate surface area is 92.6 Å². The van der Waals surface area contributed by atoms with Gasteiger partial charge in [0.15, 0.2) is 0 Å². The molecule has 3 heteroatoms. The monoisotopic (exact) mass is 212 g/mol. The van der Waals surface area contributed by atoms with Gasteiger partial charge in [0.05, 0.1) is 5.60 Å². The summed E-state index contributed by atoms with van der Waals surface area (Å²) in [6.07, 6.45) is 3.58. The summed E-state index contributed by atoms with van der Waals surface area (Å²) < 4.78 is 0. The lowest BCUT2D eigenvalue weighted by Gasteiger charge is -2.60. The molecule has 1 heterocycles. The van der Waals surface area contributed by atoms with Crippen molar-refractivity contribution in [3.05, 3.63) is 0 Å². The van der Waals surface area contributed by atoms with Gasteiger partial charge in [-0.25, -0.2) is 0 Å². The lowest BCUT2D eigenvalue weighted by Crippen LogP contribution is -2.71. The summed E-state index contributed by atoms with van der Waals surface area (Å²) in [6, 6.07) is 0. The molecule has 0 atom stereocenters. The minimum atomic E-state index is -0.616. The third-order valence-corrected chi connectivity index (χ3v) is 4.33. The number of likely N-dealkylation sites (tertiary alicyclic amines) is 1. The van der Waals surface area contributed by atoms with Crippen molar-refractivity contribution in [1.82, 2.24) is 4.90 Å². The Hall–Kier alpha value is -0.120. The molecule has 88 valence electrons. The molecule has 1 aliphatic carbocycles. The lowest BCUT2D eigenvalue weighted by atomic mass is 9.52. The highest BCUT2D eigenvalue weighted by Crippen LogP contribution is 2.53. The van der Waals surface area contributed by atoms with Gasteiger partial charge in [0, 0.05) is 18.6 Å². The van der Waals surface area contributed by atoms with Crippen LogP contribution in [0.25, 0.3) is 0 Å². The lowest BCUT2D eigenvalue weighted by molar-refractivity contribution is -0.141. The van der Waals surface area contributed by atoms with Gasteiger partial charge in [-0.3, -0.25) is 0 Å². The Kier molecular flexibility index (Phi) is 2.42. The smallest absolute Gasteiger partial charge is 0.0851 e. The van der Waals surface area contributed by atoms with Crippen molar-refractivity contribution < 1.29 is 5.11 Å². The van der Waals surface area contributed by atoms with Crippen LogP contribution in [-0.2, 0) is 0 Å². The number of nitrogens with two attached hydrogens (primary N) is 1.